The lowest BCUT2D eigenvalue weighted by Crippen LogP contribution is -2.59. The summed E-state index contributed by atoms with van der Waals surface area (Å²) in [5.41, 5.74) is 3.93. The van der Waals surface area contributed by atoms with E-state index in [9.17, 15) is 34.7 Å². The molecule has 2 saturated heterocycles. The van der Waals surface area contributed by atoms with Gasteiger partial charge in [0, 0.05) is 95.8 Å². The van der Waals surface area contributed by atoms with Crippen molar-refractivity contribution in [3.05, 3.63) is 53.5 Å². The van der Waals surface area contributed by atoms with Gasteiger partial charge in [-0.15, -0.1) is 5.12 Å². The van der Waals surface area contributed by atoms with Crippen LogP contribution >= 0.6 is 11.9 Å². The Balaban J connectivity index is 0.000000737. The number of esters is 1. The van der Waals surface area contributed by atoms with Crippen molar-refractivity contribution in [2.75, 3.05) is 68.8 Å². The van der Waals surface area contributed by atoms with Gasteiger partial charge >= 0.3 is 5.97 Å². The average Bonchev–Trinajstić information content (AvgIpc) is 4.03. The predicted octanol–water partition coefficient (Wildman–Crippen LogP) is 7.07. The van der Waals surface area contributed by atoms with Crippen LogP contribution in [0.2, 0.25) is 0 Å². The zero-order valence-corrected chi connectivity index (χ0v) is 53.5. The highest BCUT2D eigenvalue weighted by Crippen LogP contribution is 2.35. The second-order valence-corrected chi connectivity index (χ2v) is 23.2. The molecular formula is C59H112FN7O12S. The molecule has 4 aliphatic rings. The first-order chi connectivity index (χ1) is 37.7. The van der Waals surface area contributed by atoms with Gasteiger partial charge in [0.2, 0.25) is 0 Å². The summed E-state index contributed by atoms with van der Waals surface area (Å²) in [6.07, 6.45) is 3.41. The summed E-state index contributed by atoms with van der Waals surface area (Å²) in [4.78, 5) is 22.2. The van der Waals surface area contributed by atoms with Gasteiger partial charge in [-0.2, -0.15) is 4.83 Å². The van der Waals surface area contributed by atoms with Crippen LogP contribution in [0.4, 0.5) is 4.39 Å². The van der Waals surface area contributed by atoms with Gasteiger partial charge in [-0.25, -0.2) is 4.39 Å². The normalized spacial score (nSPS) is 31.5. The molecule has 15 unspecified atom stereocenters. The molecule has 0 saturated carbocycles. The van der Waals surface area contributed by atoms with Crippen molar-refractivity contribution in [1.82, 2.24) is 35.2 Å². The summed E-state index contributed by atoms with van der Waals surface area (Å²) < 4.78 is 43.2. The highest BCUT2D eigenvalue weighted by atomic mass is 32.2. The van der Waals surface area contributed by atoms with Gasteiger partial charge < -0.3 is 74.6 Å². The molecule has 1 aromatic rings. The Bertz CT molecular complexity index is 1900. The van der Waals surface area contributed by atoms with Gasteiger partial charge in [-0.3, -0.25) is 9.80 Å². The maximum atomic E-state index is 14.1. The molecule has 4 aliphatic heterocycles. The molecule has 0 amide bonds. The Kier molecular flexibility index (Phi) is 35.4. The third-order valence-corrected chi connectivity index (χ3v) is 15.9. The number of likely N-dealkylation sites (N-methyl/N-ethyl adjacent to an activating group) is 1. The van der Waals surface area contributed by atoms with E-state index in [-0.39, 0.29) is 36.7 Å². The van der Waals surface area contributed by atoms with Crippen molar-refractivity contribution in [2.24, 2.45) is 17.8 Å². The minimum Gasteiger partial charge on any atom is -0.459 e. The number of carbonyl (C=O) groups excluding carboxylic acids is 1. The average molecular weight is 1160 g/mol. The van der Waals surface area contributed by atoms with Gasteiger partial charge in [-0.05, 0) is 130 Å². The summed E-state index contributed by atoms with van der Waals surface area (Å²) in [7, 11) is 10.4. The summed E-state index contributed by atoms with van der Waals surface area (Å²) >= 11 is 1.59. The number of ether oxygens (including phenoxy) is 5. The first kappa shape index (κ1) is 75.3. The number of methoxy groups -OCH3 is 1. The van der Waals surface area contributed by atoms with Crippen LogP contribution in [0, 0.1) is 17.8 Å². The minimum atomic E-state index is -1.70. The Morgan fingerprint density at radius 3 is 2.12 bits per heavy atom. The number of alkyl halides is 1. The zero-order chi connectivity index (χ0) is 61.2. The number of halogens is 1. The number of cyclic esters (lactones) is 1. The number of benzene rings is 1. The van der Waals surface area contributed by atoms with Crippen LogP contribution in [-0.4, -0.2) is 209 Å². The number of nitrogens with one attached hydrogen (secondary N) is 2. The van der Waals surface area contributed by atoms with Gasteiger partial charge in [0.1, 0.15) is 24.5 Å². The number of hydrogen-bond acceptors (Lipinski definition) is 20. The molecule has 80 heavy (non-hydrogen) atoms. The maximum Gasteiger partial charge on any atom is 0.311 e. The molecule has 468 valence electrons. The van der Waals surface area contributed by atoms with Crippen molar-refractivity contribution >= 4 is 22.8 Å². The largest absolute Gasteiger partial charge is 0.459 e. The Labute approximate surface area is 486 Å². The second kappa shape index (κ2) is 37.6. The van der Waals surface area contributed by atoms with Gasteiger partial charge in [0.25, 0.3) is 0 Å². The standard InChI is InChI=1S/C30H59NO9.C24H37FN6O2S.2C2H6.CH4O/c1-12-24-30(9,36)27(33)23(7)31(10)16-18(2)14-29(8,35)15-19(3)26(22(6)28(34)39-24)40-25(13-21(5)37-11)38-17-20(4)32;1-17-11-21(13-24(32)33-17)28(2)10-9-20-15-31(30(4)26-20)22(14-25)12-18-5-7-19(8-6-18)23-16-29(3)27-34-23;3*1-2/h18-27,32-33,35-36H,12-17H2,1-11H3;5-8,15-17,21-22,24,26-27,32H,9-14H2,1-4H3;2*1-2H3;2H,1H3/t18?,19?,20-,21?,22?,23?,24?,25?,26?,27?,29?,30?;;;;/m1..../s1. The fraction of sp³-hybridized carbons (Fsp3) is 0.814. The first-order valence-corrected chi connectivity index (χ1v) is 30.0. The molecule has 0 spiro atoms. The molecule has 0 aliphatic carbocycles. The van der Waals surface area contributed by atoms with E-state index in [0.717, 1.165) is 43.3 Å². The highest BCUT2D eigenvalue weighted by molar-refractivity contribution is 8.06. The van der Waals surface area contributed by atoms with Crippen LogP contribution in [0.1, 0.15) is 153 Å². The molecule has 0 bridgehead atoms. The summed E-state index contributed by atoms with van der Waals surface area (Å²) in [6.45, 7) is 27.2. The summed E-state index contributed by atoms with van der Waals surface area (Å²) in [5.74, 6) is -1.56. The molecule has 2 fully saturated rings. The van der Waals surface area contributed by atoms with Crippen molar-refractivity contribution in [3.8, 4) is 0 Å². The Morgan fingerprint density at radius 1 is 0.963 bits per heavy atom. The van der Waals surface area contributed by atoms with E-state index in [2.05, 4.69) is 59.6 Å². The van der Waals surface area contributed by atoms with Crippen LogP contribution in [-0.2, 0) is 34.9 Å². The van der Waals surface area contributed by atoms with E-state index < -0.39 is 72.8 Å². The quantitative estimate of drug-likeness (QED) is 0.0418. The second-order valence-electron chi connectivity index (χ2n) is 22.4. The fourth-order valence-corrected chi connectivity index (χ4v) is 11.5. The minimum absolute atomic E-state index is 0.0423. The van der Waals surface area contributed by atoms with E-state index in [4.69, 9.17) is 28.8 Å². The van der Waals surface area contributed by atoms with E-state index >= 15 is 0 Å². The maximum absolute atomic E-state index is 14.1. The Morgan fingerprint density at radius 2 is 1.59 bits per heavy atom. The van der Waals surface area contributed by atoms with E-state index in [1.807, 2.05) is 103 Å². The van der Waals surface area contributed by atoms with E-state index in [0.29, 0.717) is 51.1 Å². The molecule has 16 atom stereocenters. The molecule has 5 rings (SSSR count). The molecule has 8 N–H and O–H groups in total. The number of rotatable bonds is 18. The molecule has 0 aromatic heterocycles. The number of nitrogens with zero attached hydrogens (tertiary/aromatic N) is 5. The van der Waals surface area contributed by atoms with Crippen LogP contribution in [0.5, 0.6) is 0 Å². The molecule has 0 radical (unpaired) electrons. The predicted molar refractivity (Wildman–Crippen MR) is 318 cm³/mol. The number of aliphatic hydroxyl groups is 6. The van der Waals surface area contributed by atoms with E-state index in [1.54, 1.807) is 46.8 Å². The lowest BCUT2D eigenvalue weighted by atomic mass is 9.80. The van der Waals surface area contributed by atoms with Crippen molar-refractivity contribution < 1.29 is 63.5 Å². The monoisotopic (exact) mass is 1160 g/mol. The molecule has 19 nitrogen and oxygen atoms in total. The highest BCUT2D eigenvalue weighted by Gasteiger charge is 2.46. The fourth-order valence-electron chi connectivity index (χ4n) is 10.7. The number of hydrogen-bond donors (Lipinski definition) is 8. The third-order valence-electron chi connectivity index (χ3n) is 15.0. The van der Waals surface area contributed by atoms with Crippen molar-refractivity contribution in [3.63, 3.8) is 0 Å². The number of aliphatic hydroxyl groups excluding tert-OH is 4. The SMILES string of the molecule is CC.CC.CC1CC(N(C)CCC2=CN(C(CF)Cc3ccc(C4=CN(C)NS4)cc3)N(C)N2)CC(O)O1.CCC1OC(=O)C(C)C(OC(CC(C)OC)OC[C@@H](C)O)C(C)CC(C)(O)CC(C)CN(C)C(C)C(O)C1(C)O.CO. The molecular weight excluding hydrogens is 1050 g/mol. The summed E-state index contributed by atoms with van der Waals surface area (Å²) in [6, 6.07) is 7.96. The lowest BCUT2D eigenvalue weighted by molar-refractivity contribution is -0.223. The summed E-state index contributed by atoms with van der Waals surface area (Å²) in [5, 5.41) is 66.6. The zero-order valence-electron chi connectivity index (χ0n) is 52.7. The Hall–Kier alpha value is -2.71. The smallest absolute Gasteiger partial charge is 0.311 e. The lowest BCUT2D eigenvalue weighted by Gasteiger charge is -2.42. The van der Waals surface area contributed by atoms with Crippen LogP contribution in [0.3, 0.4) is 0 Å². The van der Waals surface area contributed by atoms with Gasteiger partial charge in [0.05, 0.1) is 48.6 Å². The van der Waals surface area contributed by atoms with Crippen LogP contribution in [0.25, 0.3) is 4.91 Å². The van der Waals surface area contributed by atoms with Crippen LogP contribution in [0.15, 0.2) is 42.4 Å². The first-order valence-electron chi connectivity index (χ1n) is 29.2. The van der Waals surface area contributed by atoms with Gasteiger partial charge in [-0.1, -0.05) is 72.7 Å². The van der Waals surface area contributed by atoms with Crippen molar-refractivity contribution in [1.29, 1.82) is 0 Å². The molecule has 1 aromatic carbocycles. The molecule has 4 heterocycles. The van der Waals surface area contributed by atoms with Gasteiger partial charge in [0.15, 0.2) is 12.6 Å². The number of hydrazine groups is 3. The van der Waals surface area contributed by atoms with Crippen LogP contribution < -0.4 is 10.3 Å². The number of carbonyl (C=O) groups is 1. The topological polar surface area (TPSA) is 225 Å². The van der Waals surface area contributed by atoms with Crippen molar-refractivity contribution in [2.45, 2.75) is 227 Å². The van der Waals surface area contributed by atoms with E-state index in [1.165, 1.54) is 11.8 Å². The third kappa shape index (κ3) is 24.5. The molecule has 21 heteroatoms.